The van der Waals surface area contributed by atoms with Crippen LogP contribution in [0.25, 0.3) is 0 Å². The van der Waals surface area contributed by atoms with Gasteiger partial charge in [0.05, 0.1) is 0 Å². The first kappa shape index (κ1) is 20.4. The summed E-state index contributed by atoms with van der Waals surface area (Å²) in [6, 6.07) is 15.4. The first-order chi connectivity index (χ1) is 13.4. The predicted molar refractivity (Wildman–Crippen MR) is 116 cm³/mol. The van der Waals surface area contributed by atoms with Gasteiger partial charge in [0, 0.05) is 0 Å². The summed E-state index contributed by atoms with van der Waals surface area (Å²) < 4.78 is 2.38. The molecular formula is C20H14AsBrClN5. The van der Waals surface area contributed by atoms with Crippen LogP contribution in [0, 0.1) is 36.5 Å². The van der Waals surface area contributed by atoms with Gasteiger partial charge in [0.15, 0.2) is 0 Å². The molecule has 28 heavy (non-hydrogen) atoms. The Morgan fingerprint density at radius 2 is 1.61 bits per heavy atom. The van der Waals surface area contributed by atoms with Crippen LogP contribution in [0.1, 0.15) is 22.3 Å². The molecule has 0 aliphatic heterocycles. The third kappa shape index (κ3) is 4.54. The van der Waals surface area contributed by atoms with Crippen LogP contribution >= 0.6 is 27.5 Å². The maximum absolute atomic E-state index is 9.13. The molecule has 0 spiro atoms. The quantitative estimate of drug-likeness (QED) is 0.426. The third-order valence-electron chi connectivity index (χ3n) is 3.99. The molecule has 0 bridgehead atoms. The zero-order chi connectivity index (χ0) is 20.3. The second-order valence-corrected chi connectivity index (χ2v) is 9.86. The molecule has 1 atom stereocenters. The fourth-order valence-corrected chi connectivity index (χ4v) is 5.20. The maximum atomic E-state index is 9.13. The van der Waals surface area contributed by atoms with Gasteiger partial charge in [-0.2, -0.15) is 0 Å². The van der Waals surface area contributed by atoms with Gasteiger partial charge in [-0.1, -0.05) is 0 Å². The molecule has 3 aromatic rings. The summed E-state index contributed by atoms with van der Waals surface area (Å²) in [6.45, 7) is 3.89. The molecule has 0 radical (unpaired) electrons. The van der Waals surface area contributed by atoms with Crippen molar-refractivity contribution < 1.29 is 0 Å². The Kier molecular flexibility index (Phi) is 6.37. The molecular weight excluding hydrogens is 501 g/mol. The van der Waals surface area contributed by atoms with Gasteiger partial charge in [-0.3, -0.25) is 0 Å². The minimum atomic E-state index is -0.811. The monoisotopic (exact) mass is 513 g/mol. The van der Waals surface area contributed by atoms with E-state index in [4.69, 9.17) is 22.1 Å². The Morgan fingerprint density at radius 1 is 1.00 bits per heavy atom. The van der Waals surface area contributed by atoms with Crippen molar-refractivity contribution in [2.75, 3.05) is 5.32 Å². The minimum absolute atomic E-state index is 0.342. The van der Waals surface area contributed by atoms with Crippen LogP contribution in [0.4, 0.5) is 11.5 Å². The van der Waals surface area contributed by atoms with E-state index in [2.05, 4.69) is 43.4 Å². The first-order valence-electron chi connectivity index (χ1n) is 8.20. The van der Waals surface area contributed by atoms with Crippen molar-refractivity contribution in [3.8, 4) is 12.1 Å². The zero-order valence-corrected chi connectivity index (χ0v) is 19.4. The van der Waals surface area contributed by atoms with E-state index in [1.807, 2.05) is 38.1 Å². The van der Waals surface area contributed by atoms with Gasteiger partial charge in [0.2, 0.25) is 0 Å². The molecule has 5 nitrogen and oxygen atoms in total. The Balaban J connectivity index is 1.94. The topological polar surface area (TPSA) is 85.4 Å². The van der Waals surface area contributed by atoms with Gasteiger partial charge in [0.1, 0.15) is 0 Å². The van der Waals surface area contributed by atoms with Gasteiger partial charge in [-0.05, 0) is 0 Å². The average Bonchev–Trinajstić information content (AvgIpc) is 2.68. The molecule has 1 unspecified atom stereocenters. The first-order valence-corrected chi connectivity index (χ1v) is 11.5. The Bertz CT molecular complexity index is 1110. The molecule has 2 aromatic carbocycles. The van der Waals surface area contributed by atoms with Crippen LogP contribution in [-0.2, 0) is 0 Å². The van der Waals surface area contributed by atoms with Crippen LogP contribution in [0.15, 0.2) is 40.9 Å². The van der Waals surface area contributed by atoms with Crippen LogP contribution in [0.2, 0.25) is 5.15 Å². The molecule has 3 rings (SSSR count). The van der Waals surface area contributed by atoms with E-state index in [0.29, 0.717) is 31.2 Å². The summed E-state index contributed by atoms with van der Waals surface area (Å²) in [5.74, 6) is 0.586. The van der Waals surface area contributed by atoms with Crippen LogP contribution in [0.5, 0.6) is 0 Å². The van der Waals surface area contributed by atoms with Crippen LogP contribution in [-0.4, -0.2) is 25.7 Å². The van der Waals surface area contributed by atoms with Crippen molar-refractivity contribution in [3.05, 3.63) is 68.3 Å². The second-order valence-electron chi connectivity index (χ2n) is 6.04. The number of nitrogens with one attached hydrogen (secondary N) is 1. The summed E-state index contributed by atoms with van der Waals surface area (Å²) >= 11 is 8.97. The second kappa shape index (κ2) is 8.76. The number of hydrogen-bond donors (Lipinski definition) is 1. The summed E-state index contributed by atoms with van der Waals surface area (Å²) in [4.78, 5) is 9.06. The van der Waals surface area contributed by atoms with Crippen LogP contribution in [0.3, 0.4) is 0 Å². The third-order valence-corrected chi connectivity index (χ3v) is 7.48. The number of halogens is 2. The SMILES string of the molecule is Cc1cc(C#N)cc(C)c1Nc1nc([AsH]c2ccc(C#N)cc2)nc(Cl)c1Br. The van der Waals surface area contributed by atoms with E-state index in [9.17, 15) is 0 Å². The van der Waals surface area contributed by atoms with Gasteiger partial charge >= 0.3 is 184 Å². The van der Waals surface area contributed by atoms with Crippen molar-refractivity contribution in [2.24, 2.45) is 0 Å². The standard InChI is InChI=1S/C20H14AsBrClN5/c1-11-7-14(10-25)8-12(2)17(11)26-19-16(22)18(23)27-20(28-19)21-15-5-3-13(9-24)4-6-15/h3-8,21H,1-2H3,(H,26,27,28). The molecule has 1 heterocycles. The average molecular weight is 515 g/mol. The number of nitrogens with zero attached hydrogens (tertiary/aromatic N) is 4. The van der Waals surface area contributed by atoms with Crippen molar-refractivity contribution in [1.29, 1.82) is 10.5 Å². The Labute approximate surface area is 183 Å². The number of benzene rings is 2. The molecule has 1 aromatic heterocycles. The number of anilines is 2. The van der Waals surface area contributed by atoms with Crippen molar-refractivity contribution in [1.82, 2.24) is 9.97 Å². The Morgan fingerprint density at radius 3 is 2.18 bits per heavy atom. The van der Waals surface area contributed by atoms with Crippen molar-refractivity contribution >= 4 is 63.8 Å². The molecule has 0 fully saturated rings. The normalized spacial score (nSPS) is 10.6. The van der Waals surface area contributed by atoms with Gasteiger partial charge in [-0.25, -0.2) is 0 Å². The van der Waals surface area contributed by atoms with Gasteiger partial charge in [0.25, 0.3) is 0 Å². The molecule has 0 saturated heterocycles. The summed E-state index contributed by atoms with van der Waals surface area (Å²) in [6.07, 6.45) is 0. The number of hydrogen-bond acceptors (Lipinski definition) is 5. The van der Waals surface area contributed by atoms with E-state index in [1.165, 1.54) is 0 Å². The molecule has 0 aliphatic rings. The van der Waals surface area contributed by atoms with Gasteiger partial charge in [-0.15, -0.1) is 0 Å². The summed E-state index contributed by atoms with van der Waals surface area (Å²) in [5.41, 5.74) is 4.03. The van der Waals surface area contributed by atoms with Crippen molar-refractivity contribution in [2.45, 2.75) is 13.8 Å². The summed E-state index contributed by atoms with van der Waals surface area (Å²) in [7, 11) is 0. The van der Waals surface area contributed by atoms with E-state index >= 15 is 0 Å². The van der Waals surface area contributed by atoms with Gasteiger partial charge < -0.3 is 0 Å². The summed E-state index contributed by atoms with van der Waals surface area (Å²) in [5, 5.41) is 21.7. The molecule has 8 heteroatoms. The number of aryl methyl sites for hydroxylation is 2. The molecule has 1 N–H and O–H groups in total. The number of aromatic nitrogens is 2. The zero-order valence-electron chi connectivity index (χ0n) is 15.0. The molecule has 0 amide bonds. The van der Waals surface area contributed by atoms with E-state index in [-0.39, 0.29) is 0 Å². The number of rotatable bonds is 4. The molecule has 0 aliphatic carbocycles. The van der Waals surface area contributed by atoms with Crippen molar-refractivity contribution in [3.63, 3.8) is 0 Å². The molecule has 0 saturated carbocycles. The fraction of sp³-hybridized carbons (Fsp3) is 0.100. The van der Waals surface area contributed by atoms with Crippen LogP contribution < -0.4 is 14.3 Å². The number of nitriles is 2. The Hall–Kier alpha value is -2.37. The van der Waals surface area contributed by atoms with E-state index < -0.39 is 15.8 Å². The van der Waals surface area contributed by atoms with E-state index in [0.717, 1.165) is 21.2 Å². The predicted octanol–water partition coefficient (Wildman–Crippen LogP) is 3.38. The molecule has 138 valence electrons. The fourth-order valence-electron chi connectivity index (χ4n) is 2.66. The van der Waals surface area contributed by atoms with E-state index in [1.54, 1.807) is 12.1 Å².